The van der Waals surface area contributed by atoms with Crippen molar-refractivity contribution in [3.63, 3.8) is 0 Å². The molecular weight excluding hydrogens is 440 g/mol. The van der Waals surface area contributed by atoms with Gasteiger partial charge in [-0.3, -0.25) is 4.79 Å². The maximum absolute atomic E-state index is 13.1. The number of para-hydroxylation sites is 1. The SMILES string of the molecule is CCOc1ccccc1CCCNS(=O)(=O)c1ccc(OC)c(C(=O)N2CCCCCC2)c1. The number of sulfonamides is 1. The first kappa shape index (κ1) is 25.1. The molecule has 1 fully saturated rings. The van der Waals surface area contributed by atoms with Crippen LogP contribution in [0, 0.1) is 0 Å². The molecule has 2 aromatic carbocycles. The van der Waals surface area contributed by atoms with Crippen molar-refractivity contribution in [2.24, 2.45) is 0 Å². The van der Waals surface area contributed by atoms with Gasteiger partial charge in [0.15, 0.2) is 0 Å². The molecule has 0 atom stereocenters. The highest BCUT2D eigenvalue weighted by Gasteiger charge is 2.24. The van der Waals surface area contributed by atoms with E-state index in [-0.39, 0.29) is 22.9 Å². The summed E-state index contributed by atoms with van der Waals surface area (Å²) in [4.78, 5) is 15.0. The lowest BCUT2D eigenvalue weighted by Crippen LogP contribution is -2.32. The smallest absolute Gasteiger partial charge is 0.257 e. The van der Waals surface area contributed by atoms with E-state index < -0.39 is 10.0 Å². The molecule has 0 unspecified atom stereocenters. The summed E-state index contributed by atoms with van der Waals surface area (Å²) in [5.74, 6) is 1.03. The van der Waals surface area contributed by atoms with E-state index in [2.05, 4.69) is 4.72 Å². The van der Waals surface area contributed by atoms with Crippen molar-refractivity contribution in [1.82, 2.24) is 9.62 Å². The van der Waals surface area contributed by atoms with E-state index in [0.29, 0.717) is 38.3 Å². The lowest BCUT2D eigenvalue weighted by molar-refractivity contribution is 0.0758. The van der Waals surface area contributed by atoms with Gasteiger partial charge in [0.1, 0.15) is 11.5 Å². The number of nitrogens with zero attached hydrogens (tertiary/aromatic N) is 1. The minimum Gasteiger partial charge on any atom is -0.496 e. The lowest BCUT2D eigenvalue weighted by atomic mass is 10.1. The minimum absolute atomic E-state index is 0.0659. The number of amides is 1. The second-order valence-electron chi connectivity index (χ2n) is 8.11. The first-order valence-corrected chi connectivity index (χ1v) is 13.1. The average Bonchev–Trinajstić information content (AvgIpc) is 3.12. The third-order valence-corrected chi connectivity index (χ3v) is 7.25. The Morgan fingerprint density at radius 1 is 1.03 bits per heavy atom. The normalized spacial score (nSPS) is 14.5. The van der Waals surface area contributed by atoms with Crippen LogP contribution in [-0.2, 0) is 16.4 Å². The molecule has 33 heavy (non-hydrogen) atoms. The highest BCUT2D eigenvalue weighted by Crippen LogP contribution is 2.25. The van der Waals surface area contributed by atoms with Crippen molar-refractivity contribution in [2.45, 2.75) is 50.3 Å². The van der Waals surface area contributed by atoms with Crippen molar-refractivity contribution >= 4 is 15.9 Å². The van der Waals surface area contributed by atoms with Crippen LogP contribution in [0.15, 0.2) is 47.4 Å². The van der Waals surface area contributed by atoms with Gasteiger partial charge in [-0.25, -0.2) is 13.1 Å². The molecule has 0 aliphatic carbocycles. The van der Waals surface area contributed by atoms with Gasteiger partial charge in [-0.2, -0.15) is 0 Å². The van der Waals surface area contributed by atoms with Crippen molar-refractivity contribution in [2.75, 3.05) is 33.4 Å². The molecule has 0 aromatic heterocycles. The van der Waals surface area contributed by atoms with E-state index in [1.165, 1.54) is 19.2 Å². The Morgan fingerprint density at radius 2 is 1.76 bits per heavy atom. The first-order chi connectivity index (χ1) is 16.0. The summed E-state index contributed by atoms with van der Waals surface area (Å²) < 4.78 is 39.5. The Bertz CT molecular complexity index is 1030. The second kappa shape index (κ2) is 12.0. The first-order valence-electron chi connectivity index (χ1n) is 11.6. The maximum Gasteiger partial charge on any atom is 0.257 e. The molecule has 1 aliphatic heterocycles. The molecule has 0 saturated carbocycles. The molecular formula is C25H34N2O5S. The zero-order valence-corrected chi connectivity index (χ0v) is 20.3. The summed E-state index contributed by atoms with van der Waals surface area (Å²) in [6.45, 7) is 4.16. The molecule has 0 radical (unpaired) electrons. The molecule has 3 rings (SSSR count). The van der Waals surface area contributed by atoms with E-state index in [9.17, 15) is 13.2 Å². The number of nitrogens with one attached hydrogen (secondary N) is 1. The van der Waals surface area contributed by atoms with Crippen molar-refractivity contribution in [1.29, 1.82) is 0 Å². The number of ether oxygens (including phenoxy) is 2. The Balaban J connectivity index is 1.67. The predicted molar refractivity (Wildman–Crippen MR) is 128 cm³/mol. The van der Waals surface area contributed by atoms with E-state index in [1.807, 2.05) is 31.2 Å². The quantitative estimate of drug-likeness (QED) is 0.526. The highest BCUT2D eigenvalue weighted by atomic mass is 32.2. The van der Waals surface area contributed by atoms with E-state index >= 15 is 0 Å². The van der Waals surface area contributed by atoms with Gasteiger partial charge >= 0.3 is 0 Å². The van der Waals surface area contributed by atoms with E-state index in [0.717, 1.165) is 37.0 Å². The summed E-state index contributed by atoms with van der Waals surface area (Å²) in [7, 11) is -2.27. The van der Waals surface area contributed by atoms with Crippen molar-refractivity contribution < 1.29 is 22.7 Å². The summed E-state index contributed by atoms with van der Waals surface area (Å²) in [5.41, 5.74) is 1.33. The van der Waals surface area contributed by atoms with Crippen LogP contribution in [0.2, 0.25) is 0 Å². The Morgan fingerprint density at radius 3 is 2.45 bits per heavy atom. The zero-order valence-electron chi connectivity index (χ0n) is 19.5. The van der Waals surface area contributed by atoms with Gasteiger partial charge in [-0.1, -0.05) is 31.0 Å². The summed E-state index contributed by atoms with van der Waals surface area (Å²) in [6, 6.07) is 12.2. The average molecular weight is 475 g/mol. The number of likely N-dealkylation sites (tertiary alicyclic amines) is 1. The molecule has 1 amide bonds. The lowest BCUT2D eigenvalue weighted by Gasteiger charge is -2.22. The van der Waals surface area contributed by atoms with E-state index in [1.54, 1.807) is 11.0 Å². The van der Waals surface area contributed by atoms with Gasteiger partial charge < -0.3 is 14.4 Å². The number of hydrogen-bond acceptors (Lipinski definition) is 5. The monoisotopic (exact) mass is 474 g/mol. The van der Waals surface area contributed by atoms with Crippen molar-refractivity contribution in [3.8, 4) is 11.5 Å². The second-order valence-corrected chi connectivity index (χ2v) is 9.88. The third-order valence-electron chi connectivity index (χ3n) is 5.79. The highest BCUT2D eigenvalue weighted by molar-refractivity contribution is 7.89. The number of carbonyl (C=O) groups excluding carboxylic acids is 1. The number of methoxy groups -OCH3 is 1. The Kier molecular flexibility index (Phi) is 9.14. The third kappa shape index (κ3) is 6.71. The number of aryl methyl sites for hydroxylation is 1. The fraction of sp³-hybridized carbons (Fsp3) is 0.480. The topological polar surface area (TPSA) is 84.9 Å². The number of carbonyl (C=O) groups is 1. The van der Waals surface area contributed by atoms with Crippen LogP contribution in [0.3, 0.4) is 0 Å². The summed E-state index contributed by atoms with van der Waals surface area (Å²) in [5, 5.41) is 0. The molecule has 1 saturated heterocycles. The summed E-state index contributed by atoms with van der Waals surface area (Å²) >= 11 is 0. The molecule has 1 heterocycles. The molecule has 1 aliphatic rings. The van der Waals surface area contributed by atoms with Crippen LogP contribution in [0.1, 0.15) is 54.9 Å². The largest absolute Gasteiger partial charge is 0.496 e. The standard InChI is InChI=1S/C25H34N2O5S/c1-3-32-23-13-7-6-11-20(23)12-10-16-26-33(29,30)21-14-15-24(31-2)22(19-21)25(28)27-17-8-4-5-9-18-27/h6-7,11,13-15,19,26H,3-5,8-10,12,16-18H2,1-2H3. The molecule has 180 valence electrons. The fourth-order valence-corrected chi connectivity index (χ4v) is 5.14. The molecule has 0 bridgehead atoms. The fourth-order valence-electron chi connectivity index (χ4n) is 4.04. The molecule has 0 spiro atoms. The molecule has 7 nitrogen and oxygen atoms in total. The Labute approximate surface area is 197 Å². The van der Waals surface area contributed by atoms with Crippen LogP contribution in [0.4, 0.5) is 0 Å². The van der Waals surface area contributed by atoms with Gasteiger partial charge in [0.25, 0.3) is 5.91 Å². The molecule has 1 N–H and O–H groups in total. The maximum atomic E-state index is 13.1. The van der Waals surface area contributed by atoms with Crippen LogP contribution in [0.5, 0.6) is 11.5 Å². The molecule has 2 aromatic rings. The van der Waals surface area contributed by atoms with Crippen LogP contribution < -0.4 is 14.2 Å². The minimum atomic E-state index is -3.76. The van der Waals surface area contributed by atoms with Gasteiger partial charge in [0, 0.05) is 19.6 Å². The number of rotatable bonds is 10. The summed E-state index contributed by atoms with van der Waals surface area (Å²) in [6.07, 6.45) is 5.45. The van der Waals surface area contributed by atoms with Gasteiger partial charge in [-0.05, 0) is 62.4 Å². The molecule has 8 heteroatoms. The van der Waals surface area contributed by atoms with Crippen LogP contribution in [0.25, 0.3) is 0 Å². The van der Waals surface area contributed by atoms with E-state index in [4.69, 9.17) is 9.47 Å². The Hall–Kier alpha value is -2.58. The zero-order chi connectivity index (χ0) is 23.7. The van der Waals surface area contributed by atoms with Gasteiger partial charge in [-0.15, -0.1) is 0 Å². The van der Waals surface area contributed by atoms with Crippen LogP contribution >= 0.6 is 0 Å². The number of hydrogen-bond donors (Lipinski definition) is 1. The predicted octanol–water partition coefficient (Wildman–Crippen LogP) is 4.02. The van der Waals surface area contributed by atoms with Crippen LogP contribution in [-0.4, -0.2) is 52.6 Å². The van der Waals surface area contributed by atoms with Gasteiger partial charge in [0.05, 0.1) is 24.2 Å². The number of benzene rings is 2. The van der Waals surface area contributed by atoms with Gasteiger partial charge in [0.2, 0.25) is 10.0 Å². The van der Waals surface area contributed by atoms with Crippen molar-refractivity contribution in [3.05, 3.63) is 53.6 Å².